The van der Waals surface area contributed by atoms with Crippen LogP contribution in [0, 0.1) is 0 Å². The third-order valence-electron chi connectivity index (χ3n) is 4.56. The van der Waals surface area contributed by atoms with Crippen LogP contribution in [0.1, 0.15) is 38.3 Å². The van der Waals surface area contributed by atoms with E-state index in [2.05, 4.69) is 38.6 Å². The smallest absolute Gasteiger partial charge is 0.261 e. The fraction of sp³-hybridized carbons (Fsp3) is 0.333. The van der Waals surface area contributed by atoms with Crippen molar-refractivity contribution in [2.45, 2.75) is 25.4 Å². The summed E-state index contributed by atoms with van der Waals surface area (Å²) in [6.07, 6.45) is 4.15. The van der Waals surface area contributed by atoms with Gasteiger partial charge in [-0.25, -0.2) is 0 Å². The molecule has 0 aromatic carbocycles. The van der Waals surface area contributed by atoms with E-state index < -0.39 is 0 Å². The molecule has 1 aliphatic heterocycles. The fourth-order valence-corrected chi connectivity index (χ4v) is 5.45. The minimum atomic E-state index is 0.00301. The van der Waals surface area contributed by atoms with E-state index in [1.165, 1.54) is 21.1 Å². The summed E-state index contributed by atoms with van der Waals surface area (Å²) < 4.78 is 0. The second-order valence-corrected chi connectivity index (χ2v) is 8.43. The second-order valence-electron chi connectivity index (χ2n) is 6.15. The van der Waals surface area contributed by atoms with Crippen LogP contribution >= 0.6 is 22.7 Å². The van der Waals surface area contributed by atoms with Crippen LogP contribution in [0.25, 0.3) is 10.6 Å². The molecule has 0 spiro atoms. The van der Waals surface area contributed by atoms with E-state index in [9.17, 15) is 4.79 Å². The first kappa shape index (κ1) is 16.5. The molecule has 3 aromatic rings. The van der Waals surface area contributed by atoms with Crippen molar-refractivity contribution in [3.63, 3.8) is 0 Å². The molecule has 4 heterocycles. The zero-order chi connectivity index (χ0) is 17.2. The highest BCUT2D eigenvalue weighted by molar-refractivity contribution is 7.15. The Hall–Kier alpha value is -1.96. The Labute approximate surface area is 154 Å². The summed E-state index contributed by atoms with van der Waals surface area (Å²) in [6, 6.07) is 10.8. The van der Waals surface area contributed by atoms with Crippen molar-refractivity contribution in [3.8, 4) is 10.6 Å². The summed E-state index contributed by atoms with van der Waals surface area (Å²) in [4.78, 5) is 19.0. The predicted octanol–water partition coefficient (Wildman–Crippen LogP) is 3.90. The lowest BCUT2D eigenvalue weighted by atomic mass is 10.2. The summed E-state index contributed by atoms with van der Waals surface area (Å²) in [5.74, 6) is 0.00301. The molecule has 0 radical (unpaired) electrons. The summed E-state index contributed by atoms with van der Waals surface area (Å²) >= 11 is 3.43. The van der Waals surface area contributed by atoms with Gasteiger partial charge in [-0.2, -0.15) is 5.10 Å². The molecule has 2 N–H and O–H groups in total. The number of carbonyl (C=O) groups is 1. The number of amides is 1. The first-order valence-corrected chi connectivity index (χ1v) is 10.0. The van der Waals surface area contributed by atoms with Crippen molar-refractivity contribution in [3.05, 3.63) is 51.2 Å². The molecular formula is C18H20N4OS2. The minimum Gasteiger partial charge on any atom is -0.354 e. The highest BCUT2D eigenvalue weighted by atomic mass is 32.1. The summed E-state index contributed by atoms with van der Waals surface area (Å²) in [5, 5.41) is 9.75. The standard InChI is InChI=1S/C18H20N4OS2/c1-19-18(23)17-7-6-16(25-17)14-3-2-10-22(14)11-12-4-5-15(24-12)13-8-9-20-21-13/h4-9,14H,2-3,10-11H2,1H3,(H,19,23)(H,20,21)/t14-/m1/s1. The first-order chi connectivity index (χ1) is 12.2. The van der Waals surface area contributed by atoms with Gasteiger partial charge in [0.2, 0.25) is 0 Å². The zero-order valence-corrected chi connectivity index (χ0v) is 15.6. The number of hydrogen-bond donors (Lipinski definition) is 2. The van der Waals surface area contributed by atoms with E-state index in [4.69, 9.17) is 0 Å². The molecule has 1 saturated heterocycles. The van der Waals surface area contributed by atoms with Crippen LogP contribution in [-0.2, 0) is 6.54 Å². The lowest BCUT2D eigenvalue weighted by molar-refractivity contribution is 0.0967. The number of thiophene rings is 2. The Morgan fingerprint density at radius 3 is 3.04 bits per heavy atom. The highest BCUT2D eigenvalue weighted by Gasteiger charge is 2.28. The lowest BCUT2D eigenvalue weighted by Gasteiger charge is -2.22. The molecule has 1 amide bonds. The molecule has 1 fully saturated rings. The van der Waals surface area contributed by atoms with Gasteiger partial charge in [-0.3, -0.25) is 14.8 Å². The van der Waals surface area contributed by atoms with Gasteiger partial charge in [0.25, 0.3) is 5.91 Å². The van der Waals surface area contributed by atoms with Crippen molar-refractivity contribution in [2.24, 2.45) is 0 Å². The molecular weight excluding hydrogens is 352 g/mol. The van der Waals surface area contributed by atoms with E-state index in [0.717, 1.165) is 30.1 Å². The van der Waals surface area contributed by atoms with Crippen LogP contribution < -0.4 is 5.32 Å². The molecule has 0 unspecified atom stereocenters. The summed E-state index contributed by atoms with van der Waals surface area (Å²) in [6.45, 7) is 2.06. The van der Waals surface area contributed by atoms with Crippen LogP contribution in [0.4, 0.5) is 0 Å². The molecule has 7 heteroatoms. The van der Waals surface area contributed by atoms with Crippen molar-refractivity contribution in [1.29, 1.82) is 0 Å². The molecule has 25 heavy (non-hydrogen) atoms. The molecule has 1 aliphatic rings. The maximum atomic E-state index is 11.8. The van der Waals surface area contributed by atoms with Crippen molar-refractivity contribution < 1.29 is 4.79 Å². The largest absolute Gasteiger partial charge is 0.354 e. The van der Waals surface area contributed by atoms with Crippen LogP contribution in [0.5, 0.6) is 0 Å². The molecule has 4 rings (SSSR count). The van der Waals surface area contributed by atoms with Gasteiger partial charge in [0.15, 0.2) is 0 Å². The van der Waals surface area contributed by atoms with E-state index in [0.29, 0.717) is 6.04 Å². The molecule has 0 saturated carbocycles. The maximum Gasteiger partial charge on any atom is 0.261 e. The maximum absolute atomic E-state index is 11.8. The van der Waals surface area contributed by atoms with Crippen LogP contribution in [0.15, 0.2) is 36.5 Å². The average molecular weight is 373 g/mol. The van der Waals surface area contributed by atoms with Gasteiger partial charge in [0.1, 0.15) is 0 Å². The SMILES string of the molecule is CNC(=O)c1ccc([C@H]2CCCN2Cc2ccc(-c3ccn[nH]3)s2)s1. The van der Waals surface area contributed by atoms with E-state index in [1.54, 1.807) is 24.6 Å². The van der Waals surface area contributed by atoms with Gasteiger partial charge in [-0.05, 0) is 49.7 Å². The highest BCUT2D eigenvalue weighted by Crippen LogP contribution is 2.38. The molecule has 0 bridgehead atoms. The normalized spacial score (nSPS) is 17.9. The number of H-pyrrole nitrogens is 1. The van der Waals surface area contributed by atoms with Crippen LogP contribution in [0.2, 0.25) is 0 Å². The predicted molar refractivity (Wildman–Crippen MR) is 102 cm³/mol. The van der Waals surface area contributed by atoms with Gasteiger partial charge >= 0.3 is 0 Å². The van der Waals surface area contributed by atoms with E-state index >= 15 is 0 Å². The van der Waals surface area contributed by atoms with E-state index in [-0.39, 0.29) is 5.91 Å². The third kappa shape index (κ3) is 3.40. The monoisotopic (exact) mass is 372 g/mol. The molecule has 1 atom stereocenters. The van der Waals surface area contributed by atoms with Gasteiger partial charge < -0.3 is 5.32 Å². The van der Waals surface area contributed by atoms with Crippen molar-refractivity contribution >= 4 is 28.6 Å². The molecule has 3 aromatic heterocycles. The van der Waals surface area contributed by atoms with Crippen molar-refractivity contribution in [1.82, 2.24) is 20.4 Å². The van der Waals surface area contributed by atoms with Gasteiger partial charge in [-0.15, -0.1) is 22.7 Å². The Kier molecular flexibility index (Phi) is 4.70. The number of nitrogens with one attached hydrogen (secondary N) is 2. The van der Waals surface area contributed by atoms with Crippen LogP contribution in [0.3, 0.4) is 0 Å². The average Bonchev–Trinajstić information content (AvgIpc) is 3.38. The number of aromatic amines is 1. The zero-order valence-electron chi connectivity index (χ0n) is 14.0. The Morgan fingerprint density at radius 2 is 2.24 bits per heavy atom. The first-order valence-electron chi connectivity index (χ1n) is 8.39. The van der Waals surface area contributed by atoms with Gasteiger partial charge in [-0.1, -0.05) is 0 Å². The second kappa shape index (κ2) is 7.11. The quantitative estimate of drug-likeness (QED) is 0.714. The van der Waals surface area contributed by atoms with Crippen molar-refractivity contribution in [2.75, 3.05) is 13.6 Å². The van der Waals surface area contributed by atoms with E-state index in [1.807, 2.05) is 23.5 Å². The fourth-order valence-electron chi connectivity index (χ4n) is 3.32. The number of rotatable bonds is 5. The number of nitrogens with zero attached hydrogens (tertiary/aromatic N) is 2. The topological polar surface area (TPSA) is 61.0 Å². The van der Waals surface area contributed by atoms with Gasteiger partial charge in [0.05, 0.1) is 15.4 Å². The number of aromatic nitrogens is 2. The molecule has 130 valence electrons. The molecule has 5 nitrogen and oxygen atoms in total. The third-order valence-corrected chi connectivity index (χ3v) is 6.85. The Morgan fingerprint density at radius 1 is 1.32 bits per heavy atom. The Balaban J connectivity index is 1.48. The number of hydrogen-bond acceptors (Lipinski definition) is 5. The minimum absolute atomic E-state index is 0.00301. The lowest BCUT2D eigenvalue weighted by Crippen LogP contribution is -2.21. The van der Waals surface area contributed by atoms with Gasteiger partial charge in [0, 0.05) is 35.6 Å². The summed E-state index contributed by atoms with van der Waals surface area (Å²) in [5.41, 5.74) is 1.07. The van der Waals surface area contributed by atoms with Crippen LogP contribution in [-0.4, -0.2) is 34.6 Å². The number of carbonyl (C=O) groups excluding carboxylic acids is 1. The summed E-state index contributed by atoms with van der Waals surface area (Å²) in [7, 11) is 1.68. The Bertz CT molecular complexity index is 852. The molecule has 0 aliphatic carbocycles. The number of likely N-dealkylation sites (tertiary alicyclic amines) is 1.